The molecule has 0 aliphatic carbocycles. The van der Waals surface area contributed by atoms with Crippen LogP contribution in [-0.4, -0.2) is 14.1 Å². The molecule has 0 saturated heterocycles. The number of nitrogens with one attached hydrogen (secondary N) is 1. The molecule has 0 saturated carbocycles. The molecule has 0 heterocycles. The number of hydrogen-bond donors (Lipinski definition) is 1. The Bertz CT molecular complexity index is 607. The molecule has 3 nitrogen and oxygen atoms in total. The Labute approximate surface area is 114 Å². The second-order valence-electron chi connectivity index (χ2n) is 4.71. The zero-order valence-electron chi connectivity index (χ0n) is 11.4. The molecule has 19 heavy (non-hydrogen) atoms. The Morgan fingerprint density at radius 2 is 1.63 bits per heavy atom. The Kier molecular flexibility index (Phi) is 3.72. The standard InChI is InChI=1S/C16H17N3/c1-12-10-15(5-4-13(12)11-17)18-14-6-8-16(9-7-14)19(2)3/h4-10,18H,1-3H3. The van der Waals surface area contributed by atoms with Crippen LogP contribution >= 0.6 is 0 Å². The first-order chi connectivity index (χ1) is 9.10. The maximum atomic E-state index is 8.91. The molecule has 0 atom stereocenters. The van der Waals surface area contributed by atoms with E-state index >= 15 is 0 Å². The van der Waals surface area contributed by atoms with Crippen molar-refractivity contribution in [2.75, 3.05) is 24.3 Å². The molecular weight excluding hydrogens is 234 g/mol. The van der Waals surface area contributed by atoms with Gasteiger partial charge in [0.05, 0.1) is 11.6 Å². The van der Waals surface area contributed by atoms with Gasteiger partial charge in [0.1, 0.15) is 0 Å². The van der Waals surface area contributed by atoms with Crippen LogP contribution in [0.15, 0.2) is 42.5 Å². The molecule has 0 amide bonds. The fourth-order valence-electron chi connectivity index (χ4n) is 1.88. The summed E-state index contributed by atoms with van der Waals surface area (Å²) in [6.07, 6.45) is 0. The molecular formula is C16H17N3. The van der Waals surface area contributed by atoms with Crippen LogP contribution in [0.2, 0.25) is 0 Å². The third-order valence-corrected chi connectivity index (χ3v) is 3.02. The van der Waals surface area contributed by atoms with Crippen LogP contribution < -0.4 is 10.2 Å². The number of aryl methyl sites for hydroxylation is 1. The summed E-state index contributed by atoms with van der Waals surface area (Å²) >= 11 is 0. The minimum absolute atomic E-state index is 0.716. The van der Waals surface area contributed by atoms with Crippen molar-refractivity contribution in [2.45, 2.75) is 6.92 Å². The summed E-state index contributed by atoms with van der Waals surface area (Å²) in [5.74, 6) is 0. The summed E-state index contributed by atoms with van der Waals surface area (Å²) in [7, 11) is 4.04. The Balaban J connectivity index is 2.17. The molecule has 0 bridgehead atoms. The SMILES string of the molecule is Cc1cc(Nc2ccc(N(C)C)cc2)ccc1C#N. The molecule has 0 spiro atoms. The normalized spacial score (nSPS) is 9.79. The molecule has 2 rings (SSSR count). The first kappa shape index (κ1) is 13.0. The Morgan fingerprint density at radius 1 is 1.00 bits per heavy atom. The molecule has 0 fully saturated rings. The van der Waals surface area contributed by atoms with Gasteiger partial charge in [0, 0.05) is 31.2 Å². The lowest BCUT2D eigenvalue weighted by Gasteiger charge is -2.13. The quantitative estimate of drug-likeness (QED) is 0.904. The van der Waals surface area contributed by atoms with E-state index in [1.165, 1.54) is 5.69 Å². The maximum absolute atomic E-state index is 8.91. The fraction of sp³-hybridized carbons (Fsp3) is 0.188. The number of nitriles is 1. The van der Waals surface area contributed by atoms with Crippen LogP contribution in [-0.2, 0) is 0 Å². The zero-order chi connectivity index (χ0) is 13.8. The molecule has 2 aromatic rings. The van der Waals surface area contributed by atoms with Crippen LogP contribution in [0.5, 0.6) is 0 Å². The lowest BCUT2D eigenvalue weighted by atomic mass is 10.1. The van der Waals surface area contributed by atoms with E-state index in [9.17, 15) is 0 Å². The van der Waals surface area contributed by atoms with Gasteiger partial charge in [-0.15, -0.1) is 0 Å². The van der Waals surface area contributed by atoms with Crippen LogP contribution in [0.1, 0.15) is 11.1 Å². The molecule has 2 aromatic carbocycles. The van der Waals surface area contributed by atoms with Gasteiger partial charge in [-0.3, -0.25) is 0 Å². The molecule has 0 aliphatic rings. The lowest BCUT2D eigenvalue weighted by Crippen LogP contribution is -2.08. The van der Waals surface area contributed by atoms with Crippen molar-refractivity contribution in [3.8, 4) is 6.07 Å². The third kappa shape index (κ3) is 3.05. The molecule has 0 aromatic heterocycles. The van der Waals surface area contributed by atoms with Gasteiger partial charge in [-0.1, -0.05) is 0 Å². The molecule has 96 valence electrons. The topological polar surface area (TPSA) is 39.1 Å². The molecule has 0 aliphatic heterocycles. The van der Waals surface area contributed by atoms with Crippen LogP contribution in [0, 0.1) is 18.3 Å². The van der Waals surface area contributed by atoms with Gasteiger partial charge in [0.25, 0.3) is 0 Å². The van der Waals surface area contributed by atoms with Crippen molar-refractivity contribution in [1.82, 2.24) is 0 Å². The third-order valence-electron chi connectivity index (χ3n) is 3.02. The molecule has 1 N–H and O–H groups in total. The van der Waals surface area contributed by atoms with Crippen molar-refractivity contribution in [3.05, 3.63) is 53.6 Å². The first-order valence-corrected chi connectivity index (χ1v) is 6.15. The highest BCUT2D eigenvalue weighted by Gasteiger charge is 2.00. The Morgan fingerprint density at radius 3 is 2.16 bits per heavy atom. The van der Waals surface area contributed by atoms with E-state index in [4.69, 9.17) is 5.26 Å². The van der Waals surface area contributed by atoms with Crippen molar-refractivity contribution < 1.29 is 0 Å². The van der Waals surface area contributed by atoms with Crippen molar-refractivity contribution in [2.24, 2.45) is 0 Å². The van der Waals surface area contributed by atoms with Gasteiger partial charge in [0.15, 0.2) is 0 Å². The summed E-state index contributed by atoms with van der Waals surface area (Å²) in [4.78, 5) is 2.07. The number of rotatable bonds is 3. The van der Waals surface area contributed by atoms with Gasteiger partial charge in [-0.2, -0.15) is 5.26 Å². The van der Waals surface area contributed by atoms with E-state index in [-0.39, 0.29) is 0 Å². The van der Waals surface area contributed by atoms with E-state index in [2.05, 4.69) is 28.4 Å². The van der Waals surface area contributed by atoms with E-state index in [0.717, 1.165) is 16.9 Å². The molecule has 0 unspecified atom stereocenters. The highest BCUT2D eigenvalue weighted by atomic mass is 15.1. The van der Waals surface area contributed by atoms with Crippen LogP contribution in [0.3, 0.4) is 0 Å². The van der Waals surface area contributed by atoms with Crippen molar-refractivity contribution >= 4 is 17.1 Å². The first-order valence-electron chi connectivity index (χ1n) is 6.15. The van der Waals surface area contributed by atoms with Crippen LogP contribution in [0.4, 0.5) is 17.1 Å². The van der Waals surface area contributed by atoms with Gasteiger partial charge < -0.3 is 10.2 Å². The number of benzene rings is 2. The second kappa shape index (κ2) is 5.45. The molecule has 3 heteroatoms. The van der Waals surface area contributed by atoms with Gasteiger partial charge >= 0.3 is 0 Å². The number of nitrogens with zero attached hydrogens (tertiary/aromatic N) is 2. The smallest absolute Gasteiger partial charge is 0.0994 e. The largest absolute Gasteiger partial charge is 0.378 e. The number of hydrogen-bond acceptors (Lipinski definition) is 3. The zero-order valence-corrected chi connectivity index (χ0v) is 11.4. The average Bonchev–Trinajstić information content (AvgIpc) is 2.39. The predicted molar refractivity (Wildman–Crippen MR) is 79.9 cm³/mol. The highest BCUT2D eigenvalue weighted by molar-refractivity contribution is 5.64. The molecule has 0 radical (unpaired) electrons. The highest BCUT2D eigenvalue weighted by Crippen LogP contribution is 2.21. The average molecular weight is 251 g/mol. The summed E-state index contributed by atoms with van der Waals surface area (Å²) in [6, 6.07) is 16.1. The van der Waals surface area contributed by atoms with Crippen molar-refractivity contribution in [3.63, 3.8) is 0 Å². The van der Waals surface area contributed by atoms with E-state index in [0.29, 0.717) is 5.56 Å². The van der Waals surface area contributed by atoms with Gasteiger partial charge in [-0.25, -0.2) is 0 Å². The van der Waals surface area contributed by atoms with Gasteiger partial charge in [0.2, 0.25) is 0 Å². The second-order valence-corrected chi connectivity index (χ2v) is 4.71. The van der Waals surface area contributed by atoms with E-state index in [1.54, 1.807) is 0 Å². The number of anilines is 3. The minimum atomic E-state index is 0.716. The summed E-state index contributed by atoms with van der Waals surface area (Å²) < 4.78 is 0. The summed E-state index contributed by atoms with van der Waals surface area (Å²) in [5, 5.41) is 12.2. The minimum Gasteiger partial charge on any atom is -0.378 e. The van der Waals surface area contributed by atoms with E-state index < -0.39 is 0 Å². The summed E-state index contributed by atoms with van der Waals surface area (Å²) in [5.41, 5.74) is 4.90. The fourth-order valence-corrected chi connectivity index (χ4v) is 1.88. The predicted octanol–water partition coefficient (Wildman–Crippen LogP) is 3.68. The summed E-state index contributed by atoms with van der Waals surface area (Å²) in [6.45, 7) is 1.94. The van der Waals surface area contributed by atoms with Crippen LogP contribution in [0.25, 0.3) is 0 Å². The Hall–Kier alpha value is -2.47. The monoisotopic (exact) mass is 251 g/mol. The van der Waals surface area contributed by atoms with Gasteiger partial charge in [-0.05, 0) is 55.0 Å². The maximum Gasteiger partial charge on any atom is 0.0994 e. The lowest BCUT2D eigenvalue weighted by molar-refractivity contribution is 1.13. The van der Waals surface area contributed by atoms with E-state index in [1.807, 2.05) is 51.4 Å². The van der Waals surface area contributed by atoms with Crippen molar-refractivity contribution in [1.29, 1.82) is 5.26 Å².